The van der Waals surface area contributed by atoms with Gasteiger partial charge in [0.25, 0.3) is 5.78 Å². The molecule has 0 atom stereocenters. The predicted molar refractivity (Wildman–Crippen MR) is 97.8 cm³/mol. The molecule has 0 aliphatic carbocycles. The minimum atomic E-state index is 0.631. The molecule has 0 aromatic carbocycles. The van der Waals surface area contributed by atoms with E-state index in [1.165, 1.54) is 16.5 Å². The molecule has 7 heteroatoms. The van der Waals surface area contributed by atoms with E-state index in [-0.39, 0.29) is 0 Å². The highest BCUT2D eigenvalue weighted by molar-refractivity contribution is 5.80. The minimum absolute atomic E-state index is 0.631. The highest BCUT2D eigenvalue weighted by Crippen LogP contribution is 2.21. The molecule has 0 radical (unpaired) electrons. The van der Waals surface area contributed by atoms with Crippen molar-refractivity contribution >= 4 is 22.6 Å². The zero-order valence-corrected chi connectivity index (χ0v) is 14.7. The van der Waals surface area contributed by atoms with Crippen molar-refractivity contribution in [2.24, 2.45) is 7.05 Å². The summed E-state index contributed by atoms with van der Waals surface area (Å²) < 4.78 is 3.87. The van der Waals surface area contributed by atoms with Gasteiger partial charge in [-0.05, 0) is 37.5 Å². The van der Waals surface area contributed by atoms with Crippen LogP contribution in [-0.4, -0.2) is 35.7 Å². The van der Waals surface area contributed by atoms with Crippen molar-refractivity contribution in [1.29, 1.82) is 0 Å². The molecule has 0 spiro atoms. The standard InChI is InChI=1S/C18H21N7/c1-4-14-12(2)23-18-21-11-22-25(18)17(14)20-9-7-13-10-24(3)16-15(13)6-5-8-19-16/h5-6,8,10-11,20H,4,7,9H2,1-3H3. The van der Waals surface area contributed by atoms with Gasteiger partial charge < -0.3 is 9.88 Å². The van der Waals surface area contributed by atoms with Crippen LogP contribution in [0.3, 0.4) is 0 Å². The molecule has 128 valence electrons. The van der Waals surface area contributed by atoms with Crippen LogP contribution < -0.4 is 5.32 Å². The van der Waals surface area contributed by atoms with Crippen molar-refractivity contribution in [2.75, 3.05) is 11.9 Å². The van der Waals surface area contributed by atoms with Crippen molar-refractivity contribution in [1.82, 2.24) is 29.1 Å². The number of pyridine rings is 1. The van der Waals surface area contributed by atoms with Gasteiger partial charge in [0.05, 0.1) is 0 Å². The van der Waals surface area contributed by atoms with Gasteiger partial charge in [-0.1, -0.05) is 6.92 Å². The van der Waals surface area contributed by atoms with Gasteiger partial charge in [-0.3, -0.25) is 0 Å². The second-order valence-corrected chi connectivity index (χ2v) is 6.17. The summed E-state index contributed by atoms with van der Waals surface area (Å²) in [6.45, 7) is 4.96. The largest absolute Gasteiger partial charge is 0.369 e. The molecule has 4 heterocycles. The minimum Gasteiger partial charge on any atom is -0.369 e. The molecule has 1 N–H and O–H groups in total. The molecule has 0 amide bonds. The normalized spacial score (nSPS) is 11.5. The Morgan fingerprint density at radius 3 is 2.96 bits per heavy atom. The Labute approximate surface area is 145 Å². The maximum absolute atomic E-state index is 4.52. The summed E-state index contributed by atoms with van der Waals surface area (Å²) >= 11 is 0. The number of aryl methyl sites for hydroxylation is 2. The van der Waals surface area contributed by atoms with Crippen molar-refractivity contribution in [3.63, 3.8) is 0 Å². The van der Waals surface area contributed by atoms with Gasteiger partial charge in [-0.25, -0.2) is 9.97 Å². The second-order valence-electron chi connectivity index (χ2n) is 6.17. The molecule has 0 fully saturated rings. The van der Waals surface area contributed by atoms with Crippen molar-refractivity contribution in [3.05, 3.63) is 47.7 Å². The molecule has 0 unspecified atom stereocenters. The lowest BCUT2D eigenvalue weighted by Crippen LogP contribution is -2.13. The van der Waals surface area contributed by atoms with Crippen molar-refractivity contribution in [3.8, 4) is 0 Å². The predicted octanol–water partition coefficient (Wildman–Crippen LogP) is 2.54. The first-order valence-corrected chi connectivity index (χ1v) is 8.51. The smallest absolute Gasteiger partial charge is 0.254 e. The zero-order chi connectivity index (χ0) is 17.4. The topological polar surface area (TPSA) is 72.9 Å². The maximum atomic E-state index is 4.52. The average molecular weight is 335 g/mol. The third-order valence-electron chi connectivity index (χ3n) is 4.59. The highest BCUT2D eigenvalue weighted by atomic mass is 15.4. The van der Waals surface area contributed by atoms with E-state index in [0.717, 1.165) is 36.5 Å². The summed E-state index contributed by atoms with van der Waals surface area (Å²) in [6.07, 6.45) is 7.34. The second kappa shape index (κ2) is 6.16. The Hall–Kier alpha value is -2.96. The van der Waals surface area contributed by atoms with Crippen LogP contribution in [0, 0.1) is 6.92 Å². The number of anilines is 1. The molecule has 0 bridgehead atoms. The molecule has 4 aromatic heterocycles. The third-order valence-corrected chi connectivity index (χ3v) is 4.59. The number of fused-ring (bicyclic) bond motifs is 2. The summed E-state index contributed by atoms with van der Waals surface area (Å²) in [4.78, 5) is 13.2. The fourth-order valence-corrected chi connectivity index (χ4v) is 3.40. The van der Waals surface area contributed by atoms with Crippen LogP contribution in [0.4, 0.5) is 5.82 Å². The first-order valence-electron chi connectivity index (χ1n) is 8.51. The Morgan fingerprint density at radius 1 is 1.24 bits per heavy atom. The van der Waals surface area contributed by atoms with Crippen LogP contribution >= 0.6 is 0 Å². The summed E-state index contributed by atoms with van der Waals surface area (Å²) in [5, 5.41) is 9.07. The first kappa shape index (κ1) is 15.6. The summed E-state index contributed by atoms with van der Waals surface area (Å²) in [7, 11) is 2.03. The van der Waals surface area contributed by atoms with E-state index in [4.69, 9.17) is 0 Å². The molecule has 0 saturated heterocycles. The number of rotatable bonds is 5. The molecule has 25 heavy (non-hydrogen) atoms. The SMILES string of the molecule is CCc1c(C)nc2ncnn2c1NCCc1cn(C)c2ncccc12. The van der Waals surface area contributed by atoms with E-state index in [1.807, 2.05) is 26.2 Å². The molecular formula is C18H21N7. The van der Waals surface area contributed by atoms with Gasteiger partial charge in [0, 0.05) is 42.6 Å². The van der Waals surface area contributed by atoms with E-state index >= 15 is 0 Å². The Morgan fingerprint density at radius 2 is 2.12 bits per heavy atom. The van der Waals surface area contributed by atoms with Crippen molar-refractivity contribution in [2.45, 2.75) is 26.7 Å². The highest BCUT2D eigenvalue weighted by Gasteiger charge is 2.13. The van der Waals surface area contributed by atoms with Crippen LogP contribution in [0.1, 0.15) is 23.7 Å². The Balaban J connectivity index is 1.61. The number of nitrogens with zero attached hydrogens (tertiary/aromatic N) is 6. The molecule has 0 aliphatic rings. The molecule has 0 saturated carbocycles. The van der Waals surface area contributed by atoms with Gasteiger partial charge in [-0.2, -0.15) is 14.6 Å². The van der Waals surface area contributed by atoms with Crippen LogP contribution in [0.5, 0.6) is 0 Å². The molecule has 4 rings (SSSR count). The van der Waals surface area contributed by atoms with Gasteiger partial charge in [-0.15, -0.1) is 0 Å². The van der Waals surface area contributed by atoms with Crippen molar-refractivity contribution < 1.29 is 0 Å². The van der Waals surface area contributed by atoms with Gasteiger partial charge in [0.15, 0.2) is 0 Å². The van der Waals surface area contributed by atoms with Gasteiger partial charge in [0.2, 0.25) is 0 Å². The average Bonchev–Trinajstić information content (AvgIpc) is 3.20. The van der Waals surface area contributed by atoms with E-state index in [2.05, 4.69) is 49.1 Å². The van der Waals surface area contributed by atoms with Crippen LogP contribution in [-0.2, 0) is 19.9 Å². The van der Waals surface area contributed by atoms with Gasteiger partial charge >= 0.3 is 0 Å². The zero-order valence-electron chi connectivity index (χ0n) is 14.7. The number of nitrogens with one attached hydrogen (secondary N) is 1. The van der Waals surface area contributed by atoms with E-state index in [9.17, 15) is 0 Å². The number of hydrogen-bond donors (Lipinski definition) is 1. The van der Waals surface area contributed by atoms with E-state index in [1.54, 1.807) is 10.8 Å². The van der Waals surface area contributed by atoms with Crippen LogP contribution in [0.2, 0.25) is 0 Å². The summed E-state index contributed by atoms with van der Waals surface area (Å²) in [6, 6.07) is 4.11. The lowest BCUT2D eigenvalue weighted by molar-refractivity contribution is 0.875. The third kappa shape index (κ3) is 2.61. The lowest BCUT2D eigenvalue weighted by atomic mass is 10.1. The fraction of sp³-hybridized carbons (Fsp3) is 0.333. The fourth-order valence-electron chi connectivity index (χ4n) is 3.40. The number of hydrogen-bond acceptors (Lipinski definition) is 5. The summed E-state index contributed by atoms with van der Waals surface area (Å²) in [5.41, 5.74) is 4.49. The quantitative estimate of drug-likeness (QED) is 0.607. The molecule has 7 nitrogen and oxygen atoms in total. The molecule has 4 aromatic rings. The first-order chi connectivity index (χ1) is 12.2. The number of aromatic nitrogens is 6. The van der Waals surface area contributed by atoms with E-state index in [0.29, 0.717) is 5.78 Å². The molecule has 0 aliphatic heterocycles. The van der Waals surface area contributed by atoms with E-state index < -0.39 is 0 Å². The summed E-state index contributed by atoms with van der Waals surface area (Å²) in [5.74, 6) is 1.62. The Bertz CT molecular complexity index is 1040. The van der Waals surface area contributed by atoms with Crippen LogP contribution in [0.15, 0.2) is 30.9 Å². The lowest BCUT2D eigenvalue weighted by Gasteiger charge is -2.14. The Kier molecular flexibility index (Phi) is 3.83. The van der Waals surface area contributed by atoms with Gasteiger partial charge in [0.1, 0.15) is 17.8 Å². The maximum Gasteiger partial charge on any atom is 0.254 e. The van der Waals surface area contributed by atoms with Crippen LogP contribution in [0.25, 0.3) is 16.8 Å². The monoisotopic (exact) mass is 335 g/mol. The molecular weight excluding hydrogens is 314 g/mol.